The smallest absolute Gasteiger partial charge is 0.248 e. The lowest BCUT2D eigenvalue weighted by Crippen LogP contribution is -2.34. The number of hydrogen-bond acceptors (Lipinski definition) is 1. The first-order valence-electron chi connectivity index (χ1n) is 7.30. The number of nitrogens with one attached hydrogen (secondary N) is 1. The number of benzene rings is 1. The molecule has 1 unspecified atom stereocenters. The van der Waals surface area contributed by atoms with Crippen molar-refractivity contribution in [2.24, 2.45) is 5.92 Å². The van der Waals surface area contributed by atoms with Gasteiger partial charge in [-0.25, -0.2) is 13.2 Å². The standard InChI is InChI=1S/C16H22F3N/c1-3-20-15(12-6-8-16(18,19)9-7-12)13-10-11(2)4-5-14(13)17/h4-5,10,12,15,20H,3,6-9H2,1-2H3. The first-order valence-corrected chi connectivity index (χ1v) is 7.30. The lowest BCUT2D eigenvalue weighted by molar-refractivity contribution is -0.0498. The third-order valence-electron chi connectivity index (χ3n) is 4.14. The van der Waals surface area contributed by atoms with Crippen LogP contribution in [0, 0.1) is 18.7 Å². The first kappa shape index (κ1) is 15.4. The first-order chi connectivity index (χ1) is 9.43. The highest BCUT2D eigenvalue weighted by Crippen LogP contribution is 2.41. The monoisotopic (exact) mass is 285 g/mol. The number of aryl methyl sites for hydroxylation is 1. The summed E-state index contributed by atoms with van der Waals surface area (Å²) in [5.74, 6) is -2.72. The fraction of sp³-hybridized carbons (Fsp3) is 0.625. The molecular weight excluding hydrogens is 263 g/mol. The van der Waals surface area contributed by atoms with Gasteiger partial charge >= 0.3 is 0 Å². The van der Waals surface area contributed by atoms with Crippen molar-refractivity contribution in [3.05, 3.63) is 35.1 Å². The molecule has 1 aromatic carbocycles. The van der Waals surface area contributed by atoms with Gasteiger partial charge in [0.2, 0.25) is 5.92 Å². The van der Waals surface area contributed by atoms with Crippen molar-refractivity contribution < 1.29 is 13.2 Å². The lowest BCUT2D eigenvalue weighted by Gasteiger charge is -2.34. The average molecular weight is 285 g/mol. The average Bonchev–Trinajstić information content (AvgIpc) is 2.40. The van der Waals surface area contributed by atoms with Gasteiger partial charge in [-0.2, -0.15) is 0 Å². The van der Waals surface area contributed by atoms with Crippen molar-refractivity contribution in [2.75, 3.05) is 6.54 Å². The summed E-state index contributed by atoms with van der Waals surface area (Å²) in [4.78, 5) is 0. The second kappa shape index (κ2) is 6.17. The van der Waals surface area contributed by atoms with Crippen LogP contribution in [0.5, 0.6) is 0 Å². The van der Waals surface area contributed by atoms with Gasteiger partial charge < -0.3 is 5.32 Å². The maximum absolute atomic E-state index is 14.1. The van der Waals surface area contributed by atoms with Crippen molar-refractivity contribution >= 4 is 0 Å². The Morgan fingerprint density at radius 2 is 1.95 bits per heavy atom. The van der Waals surface area contributed by atoms with Crippen LogP contribution in [-0.4, -0.2) is 12.5 Å². The summed E-state index contributed by atoms with van der Waals surface area (Å²) >= 11 is 0. The number of halogens is 3. The molecule has 1 aliphatic carbocycles. The van der Waals surface area contributed by atoms with E-state index >= 15 is 0 Å². The van der Waals surface area contributed by atoms with Crippen LogP contribution in [0.4, 0.5) is 13.2 Å². The maximum atomic E-state index is 14.1. The molecule has 1 atom stereocenters. The van der Waals surface area contributed by atoms with Gasteiger partial charge in [0, 0.05) is 24.4 Å². The van der Waals surface area contributed by atoms with Gasteiger partial charge in [0.25, 0.3) is 0 Å². The van der Waals surface area contributed by atoms with Gasteiger partial charge in [0.1, 0.15) is 5.82 Å². The van der Waals surface area contributed by atoms with Crippen molar-refractivity contribution in [1.82, 2.24) is 5.32 Å². The van der Waals surface area contributed by atoms with Crippen LogP contribution >= 0.6 is 0 Å². The van der Waals surface area contributed by atoms with E-state index in [1.54, 1.807) is 6.07 Å². The maximum Gasteiger partial charge on any atom is 0.248 e. The molecule has 20 heavy (non-hydrogen) atoms. The summed E-state index contributed by atoms with van der Waals surface area (Å²) in [6, 6.07) is 4.86. The van der Waals surface area contributed by atoms with Crippen LogP contribution in [0.2, 0.25) is 0 Å². The second-order valence-corrected chi connectivity index (χ2v) is 5.75. The quantitative estimate of drug-likeness (QED) is 0.851. The Morgan fingerprint density at radius 1 is 1.30 bits per heavy atom. The second-order valence-electron chi connectivity index (χ2n) is 5.75. The highest BCUT2D eigenvalue weighted by atomic mass is 19.3. The molecule has 0 saturated heterocycles. The van der Waals surface area contributed by atoms with Crippen LogP contribution in [-0.2, 0) is 0 Å². The molecule has 1 fully saturated rings. The summed E-state index contributed by atoms with van der Waals surface area (Å²) in [5, 5.41) is 3.28. The normalized spacial score (nSPS) is 20.9. The molecule has 2 rings (SSSR count). The Kier molecular flexibility index (Phi) is 4.74. The molecule has 1 aromatic rings. The Bertz CT molecular complexity index is 449. The molecule has 1 saturated carbocycles. The predicted octanol–water partition coefficient (Wildman–Crippen LogP) is 4.61. The Labute approximate surface area is 118 Å². The molecule has 0 radical (unpaired) electrons. The summed E-state index contributed by atoms with van der Waals surface area (Å²) in [5.41, 5.74) is 1.60. The summed E-state index contributed by atoms with van der Waals surface area (Å²) in [6.45, 7) is 4.57. The lowest BCUT2D eigenvalue weighted by atomic mass is 9.79. The molecule has 0 aliphatic heterocycles. The molecule has 0 amide bonds. The van der Waals surface area contributed by atoms with Crippen LogP contribution in [0.15, 0.2) is 18.2 Å². The van der Waals surface area contributed by atoms with E-state index in [4.69, 9.17) is 0 Å². The van der Waals surface area contributed by atoms with Crippen molar-refractivity contribution in [3.8, 4) is 0 Å². The summed E-state index contributed by atoms with van der Waals surface area (Å²) in [6.07, 6.45) is 0.704. The minimum absolute atomic E-state index is 0.0749. The van der Waals surface area contributed by atoms with Gasteiger partial charge in [0.15, 0.2) is 0 Å². The Hall–Kier alpha value is -1.03. The minimum atomic E-state index is -2.54. The zero-order valence-corrected chi connectivity index (χ0v) is 12.1. The zero-order valence-electron chi connectivity index (χ0n) is 12.1. The molecular formula is C16H22F3N. The summed E-state index contributed by atoms with van der Waals surface area (Å²) < 4.78 is 40.6. The van der Waals surface area contributed by atoms with Gasteiger partial charge in [-0.1, -0.05) is 24.6 Å². The van der Waals surface area contributed by atoms with Gasteiger partial charge in [-0.15, -0.1) is 0 Å². The van der Waals surface area contributed by atoms with Crippen LogP contribution in [0.3, 0.4) is 0 Å². The summed E-state index contributed by atoms with van der Waals surface area (Å²) in [7, 11) is 0. The van der Waals surface area contributed by atoms with Gasteiger partial charge in [-0.3, -0.25) is 0 Å². The van der Waals surface area contributed by atoms with E-state index < -0.39 is 5.92 Å². The van der Waals surface area contributed by atoms with E-state index in [2.05, 4.69) is 5.32 Å². The molecule has 0 bridgehead atoms. The molecule has 0 heterocycles. The molecule has 112 valence electrons. The zero-order chi connectivity index (χ0) is 14.8. The van der Waals surface area contributed by atoms with E-state index in [0.717, 1.165) is 5.56 Å². The third-order valence-corrected chi connectivity index (χ3v) is 4.14. The van der Waals surface area contributed by atoms with Gasteiger partial charge in [-0.05, 0) is 38.3 Å². The fourth-order valence-electron chi connectivity index (χ4n) is 3.05. The largest absolute Gasteiger partial charge is 0.310 e. The van der Waals surface area contributed by atoms with E-state index in [1.807, 2.05) is 19.9 Å². The Balaban J connectivity index is 2.21. The molecule has 1 nitrogen and oxygen atoms in total. The van der Waals surface area contributed by atoms with E-state index in [0.29, 0.717) is 24.9 Å². The minimum Gasteiger partial charge on any atom is -0.310 e. The van der Waals surface area contributed by atoms with Crippen LogP contribution < -0.4 is 5.32 Å². The van der Waals surface area contributed by atoms with E-state index in [1.165, 1.54) is 6.07 Å². The van der Waals surface area contributed by atoms with E-state index in [-0.39, 0.29) is 30.6 Å². The van der Waals surface area contributed by atoms with Crippen LogP contribution in [0.25, 0.3) is 0 Å². The predicted molar refractivity (Wildman–Crippen MR) is 74.5 cm³/mol. The SMILES string of the molecule is CCNC(c1cc(C)ccc1F)C1CCC(F)(F)CC1. The van der Waals surface area contributed by atoms with Gasteiger partial charge in [0.05, 0.1) is 0 Å². The highest BCUT2D eigenvalue weighted by Gasteiger charge is 2.38. The van der Waals surface area contributed by atoms with Crippen molar-refractivity contribution in [3.63, 3.8) is 0 Å². The van der Waals surface area contributed by atoms with E-state index in [9.17, 15) is 13.2 Å². The van der Waals surface area contributed by atoms with Crippen molar-refractivity contribution in [1.29, 1.82) is 0 Å². The molecule has 1 aliphatic rings. The fourth-order valence-corrected chi connectivity index (χ4v) is 3.05. The number of alkyl halides is 2. The topological polar surface area (TPSA) is 12.0 Å². The Morgan fingerprint density at radius 3 is 2.55 bits per heavy atom. The highest BCUT2D eigenvalue weighted by molar-refractivity contribution is 5.27. The van der Waals surface area contributed by atoms with Crippen molar-refractivity contribution in [2.45, 2.75) is 51.5 Å². The molecule has 1 N–H and O–H groups in total. The van der Waals surface area contributed by atoms with Crippen LogP contribution in [0.1, 0.15) is 49.8 Å². The number of rotatable bonds is 4. The molecule has 0 aromatic heterocycles. The third kappa shape index (κ3) is 3.54. The molecule has 0 spiro atoms. The number of hydrogen-bond donors (Lipinski definition) is 1. The molecule has 4 heteroatoms.